The lowest BCUT2D eigenvalue weighted by molar-refractivity contribution is 0.0682. The Morgan fingerprint density at radius 3 is 2.65 bits per heavy atom. The van der Waals surface area contributed by atoms with Gasteiger partial charge >= 0.3 is 0 Å². The number of hydrogen-bond acceptors (Lipinski definition) is 2. The van der Waals surface area contributed by atoms with Crippen LogP contribution in [0.3, 0.4) is 0 Å². The maximum Gasteiger partial charge on any atom is 0.125 e. The van der Waals surface area contributed by atoms with Crippen LogP contribution < -0.4 is 5.32 Å². The molecule has 2 nitrogen and oxygen atoms in total. The van der Waals surface area contributed by atoms with Gasteiger partial charge in [0, 0.05) is 17.6 Å². The minimum absolute atomic E-state index is 0.207. The van der Waals surface area contributed by atoms with Gasteiger partial charge in [-0.25, -0.2) is 4.39 Å². The van der Waals surface area contributed by atoms with Crippen molar-refractivity contribution >= 4 is 21.6 Å². The van der Waals surface area contributed by atoms with E-state index in [1.807, 2.05) is 0 Å². The van der Waals surface area contributed by atoms with E-state index < -0.39 is 0 Å². The normalized spacial score (nSPS) is 24.6. The topological polar surface area (TPSA) is 21.3 Å². The highest BCUT2D eigenvalue weighted by Crippen LogP contribution is 2.28. The van der Waals surface area contributed by atoms with Crippen molar-refractivity contribution in [3.8, 4) is 0 Å². The maximum atomic E-state index is 13.1. The molecule has 0 unspecified atom stereocenters. The molecule has 1 fully saturated rings. The van der Waals surface area contributed by atoms with Crippen molar-refractivity contribution in [1.82, 2.24) is 0 Å². The fourth-order valence-electron chi connectivity index (χ4n) is 2.27. The summed E-state index contributed by atoms with van der Waals surface area (Å²) in [5, 5.41) is 3.39. The molecule has 0 saturated heterocycles. The molecular formula is C13H17BrFNO. The zero-order chi connectivity index (χ0) is 12.3. The average Bonchev–Trinajstić information content (AvgIpc) is 2.35. The molecule has 1 aromatic rings. The van der Waals surface area contributed by atoms with Crippen molar-refractivity contribution in [2.24, 2.45) is 0 Å². The molecule has 94 valence electrons. The van der Waals surface area contributed by atoms with Crippen molar-refractivity contribution in [3.63, 3.8) is 0 Å². The summed E-state index contributed by atoms with van der Waals surface area (Å²) in [5.74, 6) is -0.207. The number of rotatable bonds is 3. The number of benzene rings is 1. The van der Waals surface area contributed by atoms with Gasteiger partial charge in [0.1, 0.15) is 5.82 Å². The summed E-state index contributed by atoms with van der Waals surface area (Å²) in [7, 11) is 1.77. The predicted molar refractivity (Wildman–Crippen MR) is 70.8 cm³/mol. The van der Waals surface area contributed by atoms with E-state index in [0.717, 1.165) is 35.8 Å². The summed E-state index contributed by atoms with van der Waals surface area (Å²) in [6.07, 6.45) is 4.68. The Morgan fingerprint density at radius 1 is 1.29 bits per heavy atom. The highest BCUT2D eigenvalue weighted by molar-refractivity contribution is 9.10. The minimum atomic E-state index is -0.207. The smallest absolute Gasteiger partial charge is 0.125 e. The van der Waals surface area contributed by atoms with Gasteiger partial charge in [-0.1, -0.05) is 0 Å². The molecule has 0 aliphatic heterocycles. The molecule has 0 aromatic heterocycles. The van der Waals surface area contributed by atoms with Crippen LogP contribution >= 0.6 is 15.9 Å². The van der Waals surface area contributed by atoms with Crippen LogP contribution in [0.4, 0.5) is 10.1 Å². The Hall–Kier alpha value is -0.610. The van der Waals surface area contributed by atoms with Gasteiger partial charge in [-0.2, -0.15) is 0 Å². The number of halogens is 2. The van der Waals surface area contributed by atoms with Gasteiger partial charge in [-0.05, 0) is 59.8 Å². The van der Waals surface area contributed by atoms with Crippen LogP contribution in [0.1, 0.15) is 25.7 Å². The molecule has 1 N–H and O–H groups in total. The summed E-state index contributed by atoms with van der Waals surface area (Å²) < 4.78 is 19.4. The van der Waals surface area contributed by atoms with Gasteiger partial charge in [0.05, 0.1) is 11.8 Å². The Morgan fingerprint density at radius 2 is 2.00 bits per heavy atom. The van der Waals surface area contributed by atoms with Crippen molar-refractivity contribution in [2.45, 2.75) is 37.8 Å². The van der Waals surface area contributed by atoms with Crippen molar-refractivity contribution in [3.05, 3.63) is 28.5 Å². The van der Waals surface area contributed by atoms with E-state index in [1.54, 1.807) is 13.2 Å². The molecule has 0 radical (unpaired) electrons. The van der Waals surface area contributed by atoms with Crippen LogP contribution in [0, 0.1) is 5.82 Å². The van der Waals surface area contributed by atoms with E-state index >= 15 is 0 Å². The summed E-state index contributed by atoms with van der Waals surface area (Å²) in [6, 6.07) is 5.14. The Balaban J connectivity index is 1.95. The van der Waals surface area contributed by atoms with Crippen molar-refractivity contribution < 1.29 is 9.13 Å². The van der Waals surface area contributed by atoms with Crippen LogP contribution in [-0.4, -0.2) is 19.3 Å². The maximum absolute atomic E-state index is 13.1. The Labute approximate surface area is 110 Å². The second kappa shape index (κ2) is 5.83. The monoisotopic (exact) mass is 301 g/mol. The predicted octanol–water partition coefficient (Wildman–Crippen LogP) is 3.96. The first-order valence-electron chi connectivity index (χ1n) is 5.93. The molecule has 2 rings (SSSR count). The molecule has 1 aliphatic carbocycles. The second-order valence-corrected chi connectivity index (χ2v) is 5.33. The lowest BCUT2D eigenvalue weighted by atomic mass is 9.93. The van der Waals surface area contributed by atoms with Crippen molar-refractivity contribution in [2.75, 3.05) is 12.4 Å². The van der Waals surface area contributed by atoms with Crippen LogP contribution in [0.25, 0.3) is 0 Å². The van der Waals surface area contributed by atoms with E-state index in [4.69, 9.17) is 4.74 Å². The first kappa shape index (κ1) is 12.8. The van der Waals surface area contributed by atoms with E-state index in [1.165, 1.54) is 12.1 Å². The van der Waals surface area contributed by atoms with Gasteiger partial charge in [0.2, 0.25) is 0 Å². The first-order chi connectivity index (χ1) is 8.19. The average molecular weight is 302 g/mol. The lowest BCUT2D eigenvalue weighted by Crippen LogP contribution is -2.29. The molecule has 0 bridgehead atoms. The van der Waals surface area contributed by atoms with Gasteiger partial charge in [0.25, 0.3) is 0 Å². The van der Waals surface area contributed by atoms with E-state index in [0.29, 0.717) is 12.1 Å². The second-order valence-electron chi connectivity index (χ2n) is 4.48. The number of methoxy groups -OCH3 is 1. The highest BCUT2D eigenvalue weighted by atomic mass is 79.9. The van der Waals surface area contributed by atoms with Gasteiger partial charge in [-0.15, -0.1) is 0 Å². The van der Waals surface area contributed by atoms with Gasteiger partial charge < -0.3 is 10.1 Å². The fraction of sp³-hybridized carbons (Fsp3) is 0.538. The summed E-state index contributed by atoms with van der Waals surface area (Å²) in [5.41, 5.74) is 0.839. The SMILES string of the molecule is COC1CCC(Nc2cc(F)ccc2Br)CC1. The van der Waals surface area contributed by atoms with Crippen LogP contribution in [-0.2, 0) is 4.74 Å². The third-order valence-electron chi connectivity index (χ3n) is 3.30. The Bertz CT molecular complexity index is 378. The standard InChI is InChI=1S/C13H17BrFNO/c1-17-11-5-3-10(4-6-11)16-13-8-9(15)2-7-12(13)14/h2,7-8,10-11,16H,3-6H2,1H3. The first-order valence-corrected chi connectivity index (χ1v) is 6.72. The molecule has 1 aromatic carbocycles. The van der Waals surface area contributed by atoms with Gasteiger partial charge in [0.15, 0.2) is 0 Å². The number of hydrogen-bond donors (Lipinski definition) is 1. The Kier molecular flexibility index (Phi) is 4.40. The molecule has 0 spiro atoms. The summed E-state index contributed by atoms with van der Waals surface area (Å²) in [4.78, 5) is 0. The van der Waals surface area contributed by atoms with Gasteiger partial charge in [-0.3, -0.25) is 0 Å². The van der Waals surface area contributed by atoms with Crippen LogP contribution in [0.2, 0.25) is 0 Å². The molecule has 4 heteroatoms. The largest absolute Gasteiger partial charge is 0.381 e. The molecule has 0 heterocycles. The van der Waals surface area contributed by atoms with Crippen LogP contribution in [0.15, 0.2) is 22.7 Å². The van der Waals surface area contributed by atoms with E-state index in [9.17, 15) is 4.39 Å². The molecule has 17 heavy (non-hydrogen) atoms. The zero-order valence-corrected chi connectivity index (χ0v) is 11.5. The van der Waals surface area contributed by atoms with E-state index in [2.05, 4.69) is 21.2 Å². The third-order valence-corrected chi connectivity index (χ3v) is 3.99. The number of ether oxygens (including phenoxy) is 1. The highest BCUT2D eigenvalue weighted by Gasteiger charge is 2.21. The molecule has 0 atom stereocenters. The fourth-order valence-corrected chi connectivity index (χ4v) is 2.63. The number of nitrogens with one attached hydrogen (secondary N) is 1. The number of anilines is 1. The lowest BCUT2D eigenvalue weighted by Gasteiger charge is -2.29. The third kappa shape index (κ3) is 3.42. The minimum Gasteiger partial charge on any atom is -0.381 e. The summed E-state index contributed by atoms with van der Waals surface area (Å²) in [6.45, 7) is 0. The molecule has 0 amide bonds. The quantitative estimate of drug-likeness (QED) is 0.912. The molecular weight excluding hydrogens is 285 g/mol. The van der Waals surface area contributed by atoms with Crippen LogP contribution in [0.5, 0.6) is 0 Å². The summed E-state index contributed by atoms with van der Waals surface area (Å²) >= 11 is 3.43. The molecule has 1 saturated carbocycles. The molecule has 1 aliphatic rings. The van der Waals surface area contributed by atoms with Crippen molar-refractivity contribution in [1.29, 1.82) is 0 Å². The van der Waals surface area contributed by atoms with E-state index in [-0.39, 0.29) is 5.82 Å². The zero-order valence-electron chi connectivity index (χ0n) is 9.88.